The van der Waals surface area contributed by atoms with E-state index in [1.54, 1.807) is 13.2 Å². The van der Waals surface area contributed by atoms with Gasteiger partial charge >= 0.3 is 0 Å². The van der Waals surface area contributed by atoms with Gasteiger partial charge in [-0.2, -0.15) is 5.26 Å². The van der Waals surface area contributed by atoms with Crippen molar-refractivity contribution in [3.05, 3.63) is 29.3 Å². The number of benzene rings is 1. The number of nitriles is 1. The Balaban J connectivity index is 1.65. The topological polar surface area (TPSA) is 54.3 Å². The molecule has 0 radical (unpaired) electrons. The fraction of sp³-hybridized carbons (Fsp3) is 0.562. The van der Waals surface area contributed by atoms with Crippen LogP contribution in [0.3, 0.4) is 0 Å². The number of ether oxygens (including phenoxy) is 2. The van der Waals surface area contributed by atoms with E-state index in [9.17, 15) is 0 Å². The smallest absolute Gasteiger partial charge is 0.123 e. The molecule has 4 nitrogen and oxygen atoms in total. The van der Waals surface area contributed by atoms with Crippen LogP contribution < -0.4 is 10.1 Å². The minimum absolute atomic E-state index is 0.662. The Labute approximate surface area is 120 Å². The van der Waals surface area contributed by atoms with Gasteiger partial charge in [0, 0.05) is 25.3 Å². The van der Waals surface area contributed by atoms with Crippen molar-refractivity contribution < 1.29 is 9.47 Å². The Morgan fingerprint density at radius 2 is 2.25 bits per heavy atom. The molecule has 1 aliphatic rings. The minimum Gasteiger partial charge on any atom is -0.496 e. The summed E-state index contributed by atoms with van der Waals surface area (Å²) >= 11 is 0. The van der Waals surface area contributed by atoms with Gasteiger partial charge in [-0.1, -0.05) is 0 Å². The van der Waals surface area contributed by atoms with Crippen LogP contribution in [0.5, 0.6) is 5.75 Å². The predicted octanol–water partition coefficient (Wildman–Crippen LogP) is 2.47. The van der Waals surface area contributed by atoms with Gasteiger partial charge in [-0.3, -0.25) is 0 Å². The average Bonchev–Trinajstić information content (AvgIpc) is 3.30. The van der Waals surface area contributed by atoms with Gasteiger partial charge in [-0.15, -0.1) is 0 Å². The number of rotatable bonds is 9. The third-order valence-corrected chi connectivity index (χ3v) is 3.42. The van der Waals surface area contributed by atoms with Gasteiger partial charge in [0.1, 0.15) is 5.75 Å². The molecule has 1 aromatic carbocycles. The van der Waals surface area contributed by atoms with Crippen LogP contribution in [0, 0.1) is 17.2 Å². The molecule has 1 N–H and O–H groups in total. The van der Waals surface area contributed by atoms with E-state index in [4.69, 9.17) is 14.7 Å². The van der Waals surface area contributed by atoms with E-state index in [1.165, 1.54) is 12.8 Å². The summed E-state index contributed by atoms with van der Waals surface area (Å²) in [7, 11) is 1.65. The van der Waals surface area contributed by atoms with Gasteiger partial charge in [0.25, 0.3) is 0 Å². The Morgan fingerprint density at radius 3 is 2.95 bits per heavy atom. The van der Waals surface area contributed by atoms with Crippen molar-refractivity contribution in [3.63, 3.8) is 0 Å². The summed E-state index contributed by atoms with van der Waals surface area (Å²) in [6.45, 7) is 3.36. The van der Waals surface area contributed by atoms with E-state index in [0.717, 1.165) is 43.4 Å². The van der Waals surface area contributed by atoms with Crippen LogP contribution in [0.4, 0.5) is 0 Å². The Hall–Kier alpha value is -1.57. The summed E-state index contributed by atoms with van der Waals surface area (Å²) < 4.78 is 10.9. The highest BCUT2D eigenvalue weighted by Gasteiger charge is 2.20. The van der Waals surface area contributed by atoms with Gasteiger partial charge in [-0.25, -0.2) is 0 Å². The molecule has 1 aliphatic carbocycles. The summed E-state index contributed by atoms with van der Waals surface area (Å²) in [5.74, 6) is 1.66. The molecule has 0 aromatic heterocycles. The average molecular weight is 274 g/mol. The van der Waals surface area contributed by atoms with Crippen molar-refractivity contribution in [2.24, 2.45) is 5.92 Å². The molecule has 0 heterocycles. The van der Waals surface area contributed by atoms with Gasteiger partial charge in [0.2, 0.25) is 0 Å². The summed E-state index contributed by atoms with van der Waals surface area (Å²) in [5.41, 5.74) is 1.68. The Morgan fingerprint density at radius 1 is 1.40 bits per heavy atom. The van der Waals surface area contributed by atoms with Gasteiger partial charge in [-0.05, 0) is 49.9 Å². The Kier molecular flexibility index (Phi) is 5.85. The molecule has 4 heteroatoms. The number of hydrogen-bond acceptors (Lipinski definition) is 4. The molecule has 1 aromatic rings. The van der Waals surface area contributed by atoms with Crippen molar-refractivity contribution in [3.8, 4) is 11.8 Å². The first-order chi connectivity index (χ1) is 9.83. The molecule has 1 fully saturated rings. The first-order valence-electron chi connectivity index (χ1n) is 7.19. The van der Waals surface area contributed by atoms with Gasteiger partial charge in [0.15, 0.2) is 0 Å². The normalized spacial score (nSPS) is 14.0. The lowest BCUT2D eigenvalue weighted by atomic mass is 10.1. The molecule has 108 valence electrons. The van der Waals surface area contributed by atoms with Gasteiger partial charge in [0.05, 0.1) is 18.7 Å². The number of methoxy groups -OCH3 is 1. The van der Waals surface area contributed by atoms with Crippen LogP contribution in [-0.2, 0) is 11.3 Å². The van der Waals surface area contributed by atoms with Gasteiger partial charge < -0.3 is 14.8 Å². The fourth-order valence-electron chi connectivity index (χ4n) is 2.04. The molecule has 0 aliphatic heterocycles. The van der Waals surface area contributed by atoms with Crippen molar-refractivity contribution in [1.29, 1.82) is 5.26 Å². The zero-order chi connectivity index (χ0) is 14.2. The van der Waals surface area contributed by atoms with E-state index in [1.807, 2.05) is 12.1 Å². The molecule has 0 atom stereocenters. The van der Waals surface area contributed by atoms with Crippen LogP contribution in [0.1, 0.15) is 30.4 Å². The van der Waals surface area contributed by atoms with E-state index in [2.05, 4.69) is 11.4 Å². The first kappa shape index (κ1) is 14.8. The van der Waals surface area contributed by atoms with E-state index >= 15 is 0 Å². The quantitative estimate of drug-likeness (QED) is 0.703. The summed E-state index contributed by atoms with van der Waals surface area (Å²) in [6, 6.07) is 7.63. The van der Waals surface area contributed by atoms with Crippen LogP contribution in [0.25, 0.3) is 0 Å². The highest BCUT2D eigenvalue weighted by atomic mass is 16.5. The molecule has 1 saturated carbocycles. The summed E-state index contributed by atoms with van der Waals surface area (Å²) in [5, 5.41) is 12.3. The molecule has 0 bridgehead atoms. The highest BCUT2D eigenvalue weighted by Crippen LogP contribution is 2.28. The highest BCUT2D eigenvalue weighted by molar-refractivity contribution is 5.41. The zero-order valence-corrected chi connectivity index (χ0v) is 12.0. The third kappa shape index (κ3) is 4.84. The van der Waals surface area contributed by atoms with Crippen LogP contribution in [0.15, 0.2) is 18.2 Å². The SMILES string of the molecule is COc1ccc(C#N)cc1CNCCCOCC1CC1. The second-order valence-corrected chi connectivity index (χ2v) is 5.19. The monoisotopic (exact) mass is 274 g/mol. The second-order valence-electron chi connectivity index (χ2n) is 5.19. The molecule has 0 unspecified atom stereocenters. The lowest BCUT2D eigenvalue weighted by molar-refractivity contribution is 0.122. The summed E-state index contributed by atoms with van der Waals surface area (Å²) in [4.78, 5) is 0. The van der Waals surface area contributed by atoms with Crippen LogP contribution >= 0.6 is 0 Å². The maximum absolute atomic E-state index is 8.92. The largest absolute Gasteiger partial charge is 0.496 e. The molecular weight excluding hydrogens is 252 g/mol. The van der Waals surface area contributed by atoms with Crippen molar-refractivity contribution in [2.75, 3.05) is 26.9 Å². The number of nitrogens with zero attached hydrogens (tertiary/aromatic N) is 1. The predicted molar refractivity (Wildman–Crippen MR) is 77.6 cm³/mol. The molecule has 0 amide bonds. The summed E-state index contributed by atoms with van der Waals surface area (Å²) in [6.07, 6.45) is 3.69. The van der Waals surface area contributed by atoms with Crippen molar-refractivity contribution in [1.82, 2.24) is 5.32 Å². The molecule has 0 spiro atoms. The standard InChI is InChI=1S/C16H22N2O2/c1-19-16-6-5-14(10-17)9-15(16)11-18-7-2-8-20-12-13-3-4-13/h5-6,9,13,18H,2-4,7-8,11-12H2,1H3. The maximum atomic E-state index is 8.92. The molecule has 0 saturated heterocycles. The molecule has 2 rings (SSSR count). The lowest BCUT2D eigenvalue weighted by Gasteiger charge is -2.10. The van der Waals surface area contributed by atoms with E-state index in [-0.39, 0.29) is 0 Å². The molecular formula is C16H22N2O2. The zero-order valence-electron chi connectivity index (χ0n) is 12.0. The molecule has 20 heavy (non-hydrogen) atoms. The number of hydrogen-bond donors (Lipinski definition) is 1. The fourth-order valence-corrected chi connectivity index (χ4v) is 2.04. The Bertz CT molecular complexity index is 464. The first-order valence-corrected chi connectivity index (χ1v) is 7.19. The van der Waals surface area contributed by atoms with Crippen LogP contribution in [-0.4, -0.2) is 26.9 Å². The van der Waals surface area contributed by atoms with Crippen LogP contribution in [0.2, 0.25) is 0 Å². The van der Waals surface area contributed by atoms with Crippen molar-refractivity contribution >= 4 is 0 Å². The minimum atomic E-state index is 0.662. The second kappa shape index (κ2) is 7.88. The number of nitrogens with one attached hydrogen (secondary N) is 1. The van der Waals surface area contributed by atoms with E-state index < -0.39 is 0 Å². The maximum Gasteiger partial charge on any atom is 0.123 e. The van der Waals surface area contributed by atoms with Crippen molar-refractivity contribution in [2.45, 2.75) is 25.8 Å². The lowest BCUT2D eigenvalue weighted by Crippen LogP contribution is -2.17. The van der Waals surface area contributed by atoms with E-state index in [0.29, 0.717) is 12.1 Å². The third-order valence-electron chi connectivity index (χ3n) is 3.42.